The number of hydrogen-bond donors (Lipinski definition) is 1. The van der Waals surface area contributed by atoms with Gasteiger partial charge in [-0.2, -0.15) is 11.8 Å². The highest BCUT2D eigenvalue weighted by atomic mass is 32.2. The average Bonchev–Trinajstić information content (AvgIpc) is 2.96. The maximum atomic E-state index is 5.13. The number of thioether (sulfide) groups is 1. The number of ether oxygens (including phenoxy) is 1. The van der Waals surface area contributed by atoms with Gasteiger partial charge >= 0.3 is 0 Å². The van der Waals surface area contributed by atoms with E-state index in [1.165, 1.54) is 37.3 Å². The minimum absolute atomic E-state index is 0.604. The summed E-state index contributed by atoms with van der Waals surface area (Å²) in [6.07, 6.45) is 4.02. The van der Waals surface area contributed by atoms with Gasteiger partial charge in [-0.05, 0) is 30.4 Å². The molecule has 1 aliphatic carbocycles. The standard InChI is InChI=1S/C11H23NOS/c1-3-14-9-7-12-10-11(4-5-11)6-8-13-2/h12H,3-10H2,1-2H3. The van der Waals surface area contributed by atoms with Crippen LogP contribution in [-0.2, 0) is 4.74 Å². The van der Waals surface area contributed by atoms with Crippen molar-refractivity contribution in [1.82, 2.24) is 5.32 Å². The summed E-state index contributed by atoms with van der Waals surface area (Å²) in [5.41, 5.74) is 0.604. The molecule has 0 unspecified atom stereocenters. The Balaban J connectivity index is 1.94. The van der Waals surface area contributed by atoms with Gasteiger partial charge in [0.1, 0.15) is 0 Å². The quantitative estimate of drug-likeness (QED) is 0.598. The minimum Gasteiger partial charge on any atom is -0.385 e. The lowest BCUT2D eigenvalue weighted by atomic mass is 10.0. The first-order chi connectivity index (χ1) is 6.83. The number of nitrogens with one attached hydrogen (secondary N) is 1. The van der Waals surface area contributed by atoms with Crippen molar-refractivity contribution in [3.05, 3.63) is 0 Å². The van der Waals surface area contributed by atoms with Crippen LogP contribution in [0.4, 0.5) is 0 Å². The molecule has 0 aliphatic heterocycles. The van der Waals surface area contributed by atoms with Gasteiger partial charge < -0.3 is 10.1 Å². The minimum atomic E-state index is 0.604. The molecule has 2 nitrogen and oxygen atoms in total. The largest absolute Gasteiger partial charge is 0.385 e. The van der Waals surface area contributed by atoms with Crippen LogP contribution in [0.1, 0.15) is 26.2 Å². The molecule has 84 valence electrons. The van der Waals surface area contributed by atoms with E-state index in [0.29, 0.717) is 5.41 Å². The molecule has 0 atom stereocenters. The molecule has 0 amide bonds. The molecule has 1 saturated carbocycles. The van der Waals surface area contributed by atoms with Crippen molar-refractivity contribution in [2.24, 2.45) is 5.41 Å². The van der Waals surface area contributed by atoms with E-state index in [0.717, 1.165) is 13.2 Å². The molecular formula is C11H23NOS. The van der Waals surface area contributed by atoms with Crippen molar-refractivity contribution in [3.63, 3.8) is 0 Å². The maximum Gasteiger partial charge on any atom is 0.0468 e. The van der Waals surface area contributed by atoms with Crippen LogP contribution in [0.3, 0.4) is 0 Å². The summed E-state index contributed by atoms with van der Waals surface area (Å²) in [6, 6.07) is 0. The predicted molar refractivity (Wildman–Crippen MR) is 64.0 cm³/mol. The van der Waals surface area contributed by atoms with Crippen molar-refractivity contribution in [3.8, 4) is 0 Å². The highest BCUT2D eigenvalue weighted by Crippen LogP contribution is 2.48. The molecule has 0 saturated heterocycles. The van der Waals surface area contributed by atoms with Gasteiger partial charge in [-0.15, -0.1) is 0 Å². The fourth-order valence-electron chi connectivity index (χ4n) is 1.65. The average molecular weight is 217 g/mol. The van der Waals surface area contributed by atoms with Gasteiger partial charge in [-0.25, -0.2) is 0 Å². The molecule has 0 spiro atoms. The molecule has 0 bridgehead atoms. The van der Waals surface area contributed by atoms with Crippen LogP contribution in [-0.4, -0.2) is 38.3 Å². The zero-order valence-corrected chi connectivity index (χ0v) is 10.3. The Morgan fingerprint density at radius 1 is 1.43 bits per heavy atom. The summed E-state index contributed by atoms with van der Waals surface area (Å²) < 4.78 is 5.13. The van der Waals surface area contributed by atoms with E-state index >= 15 is 0 Å². The van der Waals surface area contributed by atoms with Gasteiger partial charge in [0.15, 0.2) is 0 Å². The van der Waals surface area contributed by atoms with E-state index in [1.807, 2.05) is 11.8 Å². The predicted octanol–water partition coefficient (Wildman–Crippen LogP) is 2.15. The topological polar surface area (TPSA) is 21.3 Å². The Hall–Kier alpha value is 0.270. The van der Waals surface area contributed by atoms with Gasteiger partial charge in [0.2, 0.25) is 0 Å². The first-order valence-corrected chi connectivity index (χ1v) is 6.76. The summed E-state index contributed by atoms with van der Waals surface area (Å²) in [7, 11) is 1.79. The molecule has 1 N–H and O–H groups in total. The second-order valence-corrected chi connectivity index (χ2v) is 5.51. The first kappa shape index (κ1) is 12.3. The van der Waals surface area contributed by atoms with E-state index in [9.17, 15) is 0 Å². The van der Waals surface area contributed by atoms with Crippen LogP contribution in [0.25, 0.3) is 0 Å². The molecule has 0 aromatic rings. The molecule has 3 heteroatoms. The van der Waals surface area contributed by atoms with E-state index < -0.39 is 0 Å². The van der Waals surface area contributed by atoms with Crippen LogP contribution in [0.15, 0.2) is 0 Å². The van der Waals surface area contributed by atoms with Gasteiger partial charge in [0, 0.05) is 32.6 Å². The molecule has 0 radical (unpaired) electrons. The third-order valence-corrected chi connectivity index (χ3v) is 3.82. The number of rotatable bonds is 9. The monoisotopic (exact) mass is 217 g/mol. The van der Waals surface area contributed by atoms with Gasteiger partial charge in [-0.1, -0.05) is 6.92 Å². The van der Waals surface area contributed by atoms with Gasteiger partial charge in [0.25, 0.3) is 0 Å². The maximum absolute atomic E-state index is 5.13. The highest BCUT2D eigenvalue weighted by Gasteiger charge is 2.41. The Kier molecular flexibility index (Phi) is 5.90. The first-order valence-electron chi connectivity index (χ1n) is 5.60. The Morgan fingerprint density at radius 2 is 2.21 bits per heavy atom. The molecule has 14 heavy (non-hydrogen) atoms. The Labute approximate surface area is 92.2 Å². The lowest BCUT2D eigenvalue weighted by Crippen LogP contribution is -2.26. The smallest absolute Gasteiger partial charge is 0.0468 e. The molecule has 1 rings (SSSR count). The number of hydrogen-bond acceptors (Lipinski definition) is 3. The fourth-order valence-corrected chi connectivity index (χ4v) is 2.23. The molecule has 1 fully saturated rings. The van der Waals surface area contributed by atoms with Crippen LogP contribution >= 0.6 is 11.8 Å². The normalized spacial score (nSPS) is 18.4. The third-order valence-electron chi connectivity index (χ3n) is 2.92. The van der Waals surface area contributed by atoms with E-state index in [2.05, 4.69) is 12.2 Å². The van der Waals surface area contributed by atoms with Crippen molar-refractivity contribution in [2.75, 3.05) is 38.3 Å². The molecule has 1 aliphatic rings. The second-order valence-electron chi connectivity index (χ2n) is 4.12. The summed E-state index contributed by atoms with van der Waals surface area (Å²) >= 11 is 2.01. The summed E-state index contributed by atoms with van der Waals surface area (Å²) in [4.78, 5) is 0. The van der Waals surface area contributed by atoms with Crippen LogP contribution in [0.2, 0.25) is 0 Å². The lowest BCUT2D eigenvalue weighted by Gasteiger charge is -2.15. The van der Waals surface area contributed by atoms with Gasteiger partial charge in [-0.3, -0.25) is 0 Å². The third kappa shape index (κ3) is 4.67. The van der Waals surface area contributed by atoms with Crippen LogP contribution in [0, 0.1) is 5.41 Å². The van der Waals surface area contributed by atoms with Crippen LogP contribution < -0.4 is 5.32 Å². The fraction of sp³-hybridized carbons (Fsp3) is 1.00. The molecule has 0 aromatic heterocycles. The summed E-state index contributed by atoms with van der Waals surface area (Å²) in [5.74, 6) is 2.48. The Morgan fingerprint density at radius 3 is 2.79 bits per heavy atom. The van der Waals surface area contributed by atoms with Gasteiger partial charge in [0.05, 0.1) is 0 Å². The lowest BCUT2D eigenvalue weighted by molar-refractivity contribution is 0.171. The highest BCUT2D eigenvalue weighted by molar-refractivity contribution is 7.99. The molecule has 0 heterocycles. The summed E-state index contributed by atoms with van der Waals surface area (Å²) in [5, 5.41) is 3.56. The Bertz CT molecular complexity index is 148. The number of methoxy groups -OCH3 is 1. The van der Waals surface area contributed by atoms with Crippen molar-refractivity contribution in [1.29, 1.82) is 0 Å². The zero-order valence-electron chi connectivity index (χ0n) is 9.47. The van der Waals surface area contributed by atoms with Crippen LogP contribution in [0.5, 0.6) is 0 Å². The SMILES string of the molecule is CCSCCNCC1(CCOC)CC1. The zero-order chi connectivity index (χ0) is 10.3. The van der Waals surface area contributed by atoms with E-state index in [-0.39, 0.29) is 0 Å². The second kappa shape index (κ2) is 6.70. The molecular weight excluding hydrogens is 194 g/mol. The molecule has 0 aromatic carbocycles. The van der Waals surface area contributed by atoms with Crippen molar-refractivity contribution < 1.29 is 4.74 Å². The van der Waals surface area contributed by atoms with E-state index in [1.54, 1.807) is 7.11 Å². The van der Waals surface area contributed by atoms with E-state index in [4.69, 9.17) is 4.74 Å². The summed E-state index contributed by atoms with van der Waals surface area (Å²) in [6.45, 7) is 5.49. The van der Waals surface area contributed by atoms with Crippen molar-refractivity contribution in [2.45, 2.75) is 26.2 Å². The van der Waals surface area contributed by atoms with Crippen molar-refractivity contribution >= 4 is 11.8 Å².